The van der Waals surface area contributed by atoms with Crippen LogP contribution in [0, 0.1) is 0 Å². The topological polar surface area (TPSA) is 76.0 Å². The van der Waals surface area contributed by atoms with Gasteiger partial charge in [-0.2, -0.15) is 16.9 Å². The average Bonchev–Trinajstić information content (AvgIpc) is 3.35. The maximum absolute atomic E-state index is 12.5. The minimum Gasteiger partial charge on any atom is -0.348 e. The molecule has 0 radical (unpaired) electrons. The number of thioether (sulfide) groups is 1. The Morgan fingerprint density at radius 3 is 2.45 bits per heavy atom. The zero-order valence-corrected chi connectivity index (χ0v) is 16.7. The molecule has 0 spiro atoms. The Bertz CT molecular complexity index is 1000. The highest BCUT2D eigenvalue weighted by Crippen LogP contribution is 2.35. The Labute approximate surface area is 173 Å². The molecule has 1 aliphatic heterocycles. The highest BCUT2D eigenvalue weighted by molar-refractivity contribution is 7.98. The third kappa shape index (κ3) is 4.51. The average molecular weight is 407 g/mol. The van der Waals surface area contributed by atoms with Crippen LogP contribution in [0.15, 0.2) is 60.7 Å². The molecule has 0 bridgehead atoms. The van der Waals surface area contributed by atoms with Crippen molar-refractivity contribution < 1.29 is 9.59 Å². The van der Waals surface area contributed by atoms with E-state index in [1.54, 1.807) is 16.4 Å². The van der Waals surface area contributed by atoms with E-state index in [9.17, 15) is 9.59 Å². The fourth-order valence-electron chi connectivity index (χ4n) is 3.28. The second-order valence-electron chi connectivity index (χ2n) is 6.81. The Kier molecular flexibility index (Phi) is 5.95. The number of carbonyl (C=O) groups excluding carboxylic acids is 2. The Hall–Kier alpha value is -3.06. The van der Waals surface area contributed by atoms with Crippen molar-refractivity contribution in [2.24, 2.45) is 0 Å². The van der Waals surface area contributed by atoms with Gasteiger partial charge in [0.1, 0.15) is 5.82 Å². The van der Waals surface area contributed by atoms with Crippen molar-refractivity contribution in [3.63, 3.8) is 0 Å². The Morgan fingerprint density at radius 1 is 0.966 bits per heavy atom. The number of amides is 2. The molecule has 0 unspecified atom stereocenters. The van der Waals surface area contributed by atoms with Gasteiger partial charge < -0.3 is 10.6 Å². The molecule has 6 nitrogen and oxygen atoms in total. The summed E-state index contributed by atoms with van der Waals surface area (Å²) >= 11 is 1.75. The molecular weight excluding hydrogens is 384 g/mol. The summed E-state index contributed by atoms with van der Waals surface area (Å²) in [4.78, 5) is 24.8. The fraction of sp³-hybridized carbons (Fsp3) is 0.227. The molecule has 2 heterocycles. The van der Waals surface area contributed by atoms with Crippen LogP contribution in [-0.4, -0.2) is 28.1 Å². The zero-order chi connectivity index (χ0) is 20.1. The van der Waals surface area contributed by atoms with Crippen LogP contribution in [0.5, 0.6) is 0 Å². The van der Waals surface area contributed by atoms with Crippen molar-refractivity contribution in [3.05, 3.63) is 77.5 Å². The van der Waals surface area contributed by atoms with Crippen LogP contribution in [-0.2, 0) is 27.5 Å². The number of rotatable bonds is 6. The molecule has 1 aromatic heterocycles. The molecule has 0 fully saturated rings. The summed E-state index contributed by atoms with van der Waals surface area (Å²) in [5, 5.41) is 10.1. The molecule has 7 heteroatoms. The van der Waals surface area contributed by atoms with Crippen LogP contribution < -0.4 is 10.6 Å². The minimum absolute atomic E-state index is 0.451. The molecule has 3 aromatic rings. The third-order valence-corrected chi connectivity index (χ3v) is 5.73. The molecule has 0 atom stereocenters. The standard InChI is InChI=1S/C22H22N4O2S/c27-21(23-13-7-10-16-8-3-1-4-9-16)22(28)24-20-18-14-29-15-19(18)25-26(20)17-11-5-2-6-12-17/h1-6,8-9,11-12H,7,10,13-15H2,(H,23,27)(H,24,28). The Balaban J connectivity index is 1.38. The summed E-state index contributed by atoms with van der Waals surface area (Å²) in [6.45, 7) is 0.451. The molecule has 29 heavy (non-hydrogen) atoms. The highest BCUT2D eigenvalue weighted by atomic mass is 32.2. The molecule has 2 N–H and O–H groups in total. The van der Waals surface area contributed by atoms with Crippen molar-refractivity contribution in [1.29, 1.82) is 0 Å². The lowest BCUT2D eigenvalue weighted by Gasteiger charge is -2.11. The summed E-state index contributed by atoms with van der Waals surface area (Å²) in [7, 11) is 0. The van der Waals surface area contributed by atoms with Crippen LogP contribution in [0.3, 0.4) is 0 Å². The number of aryl methyl sites for hydroxylation is 1. The van der Waals surface area contributed by atoms with Gasteiger partial charge in [-0.05, 0) is 30.5 Å². The summed E-state index contributed by atoms with van der Waals surface area (Å²) in [6.07, 6.45) is 1.63. The van der Waals surface area contributed by atoms with Gasteiger partial charge in [-0.15, -0.1) is 0 Å². The first-order valence-electron chi connectivity index (χ1n) is 9.59. The summed E-state index contributed by atoms with van der Waals surface area (Å²) in [6, 6.07) is 19.7. The molecule has 148 valence electrons. The second kappa shape index (κ2) is 8.96. The number of aromatic nitrogens is 2. The molecular formula is C22H22N4O2S. The van der Waals surface area contributed by atoms with E-state index in [1.807, 2.05) is 48.5 Å². The van der Waals surface area contributed by atoms with Crippen LogP contribution in [0.25, 0.3) is 5.69 Å². The quantitative estimate of drug-likeness (QED) is 0.486. The summed E-state index contributed by atoms with van der Waals surface area (Å²) in [5.41, 5.74) is 4.01. The van der Waals surface area contributed by atoms with E-state index in [1.165, 1.54) is 5.56 Å². The van der Waals surface area contributed by atoms with Crippen LogP contribution in [0.1, 0.15) is 23.2 Å². The zero-order valence-electron chi connectivity index (χ0n) is 15.9. The van der Waals surface area contributed by atoms with Gasteiger partial charge in [0.05, 0.1) is 11.4 Å². The highest BCUT2D eigenvalue weighted by Gasteiger charge is 2.26. The van der Waals surface area contributed by atoms with Gasteiger partial charge in [0.25, 0.3) is 0 Å². The van der Waals surface area contributed by atoms with Crippen molar-refractivity contribution in [3.8, 4) is 5.69 Å². The van der Waals surface area contributed by atoms with E-state index in [0.717, 1.165) is 41.3 Å². The normalized spacial score (nSPS) is 12.4. The van der Waals surface area contributed by atoms with E-state index in [-0.39, 0.29) is 0 Å². The summed E-state index contributed by atoms with van der Waals surface area (Å²) < 4.78 is 1.71. The number of nitrogens with zero attached hydrogens (tertiary/aromatic N) is 2. The molecule has 0 saturated carbocycles. The van der Waals surface area contributed by atoms with Gasteiger partial charge in [-0.1, -0.05) is 48.5 Å². The first kappa shape index (κ1) is 19.3. The third-order valence-electron chi connectivity index (χ3n) is 4.76. The van der Waals surface area contributed by atoms with Gasteiger partial charge in [0.15, 0.2) is 0 Å². The smallest absolute Gasteiger partial charge is 0.314 e. The van der Waals surface area contributed by atoms with Crippen LogP contribution >= 0.6 is 11.8 Å². The lowest BCUT2D eigenvalue weighted by molar-refractivity contribution is -0.136. The predicted molar refractivity (Wildman–Crippen MR) is 115 cm³/mol. The van der Waals surface area contributed by atoms with Gasteiger partial charge in [0, 0.05) is 23.6 Å². The maximum atomic E-state index is 12.5. The number of para-hydroxylation sites is 1. The molecule has 0 aliphatic carbocycles. The first-order valence-corrected chi connectivity index (χ1v) is 10.7. The number of fused-ring (bicyclic) bond motifs is 1. The second-order valence-corrected chi connectivity index (χ2v) is 7.80. The number of hydrogen-bond donors (Lipinski definition) is 2. The first-order chi connectivity index (χ1) is 14.2. The van der Waals surface area contributed by atoms with E-state index < -0.39 is 11.8 Å². The fourth-order valence-corrected chi connectivity index (χ4v) is 4.32. The molecule has 2 amide bonds. The summed E-state index contributed by atoms with van der Waals surface area (Å²) in [5.74, 6) is 0.876. The minimum atomic E-state index is -0.665. The number of carbonyl (C=O) groups is 2. The maximum Gasteiger partial charge on any atom is 0.314 e. The van der Waals surface area contributed by atoms with E-state index in [4.69, 9.17) is 0 Å². The lowest BCUT2D eigenvalue weighted by atomic mass is 10.1. The monoisotopic (exact) mass is 406 g/mol. The number of anilines is 1. The molecule has 1 aliphatic rings. The molecule has 2 aromatic carbocycles. The van der Waals surface area contributed by atoms with Gasteiger partial charge in [0.2, 0.25) is 0 Å². The molecule has 0 saturated heterocycles. The van der Waals surface area contributed by atoms with Crippen molar-refractivity contribution >= 4 is 29.4 Å². The number of nitrogens with one attached hydrogen (secondary N) is 2. The predicted octanol–water partition coefficient (Wildman–Crippen LogP) is 3.31. The van der Waals surface area contributed by atoms with Crippen LogP contribution in [0.2, 0.25) is 0 Å². The van der Waals surface area contributed by atoms with Crippen molar-refractivity contribution in [2.45, 2.75) is 24.3 Å². The SMILES string of the molecule is O=C(NCCCc1ccccc1)C(=O)Nc1c2c(nn1-c1ccccc1)CSC2. The lowest BCUT2D eigenvalue weighted by Crippen LogP contribution is -2.36. The van der Waals surface area contributed by atoms with E-state index in [2.05, 4.69) is 27.9 Å². The van der Waals surface area contributed by atoms with Crippen LogP contribution in [0.4, 0.5) is 5.82 Å². The van der Waals surface area contributed by atoms with Gasteiger partial charge in [-0.25, -0.2) is 4.68 Å². The van der Waals surface area contributed by atoms with E-state index in [0.29, 0.717) is 12.4 Å². The number of benzene rings is 2. The molecule has 4 rings (SSSR count). The van der Waals surface area contributed by atoms with Gasteiger partial charge in [-0.3, -0.25) is 9.59 Å². The number of hydrogen-bond acceptors (Lipinski definition) is 4. The van der Waals surface area contributed by atoms with Gasteiger partial charge >= 0.3 is 11.8 Å². The van der Waals surface area contributed by atoms with E-state index >= 15 is 0 Å². The largest absolute Gasteiger partial charge is 0.348 e. The Morgan fingerprint density at radius 2 is 1.69 bits per heavy atom. The van der Waals surface area contributed by atoms with Crippen molar-refractivity contribution in [2.75, 3.05) is 11.9 Å². The van der Waals surface area contributed by atoms with Crippen molar-refractivity contribution in [1.82, 2.24) is 15.1 Å².